The highest BCUT2D eigenvalue weighted by molar-refractivity contribution is 5.42. The van der Waals surface area contributed by atoms with Gasteiger partial charge < -0.3 is 9.84 Å². The topological polar surface area (TPSA) is 29.5 Å². The molecule has 0 fully saturated rings. The third-order valence-corrected chi connectivity index (χ3v) is 3.35. The van der Waals surface area contributed by atoms with E-state index >= 15 is 0 Å². The molecule has 0 aliphatic heterocycles. The van der Waals surface area contributed by atoms with Crippen LogP contribution in [0.15, 0.2) is 42.5 Å². The molecule has 2 rings (SSSR count). The summed E-state index contributed by atoms with van der Waals surface area (Å²) in [5.74, 6) is 0.335. The predicted molar refractivity (Wildman–Crippen MR) is 82.2 cm³/mol. The van der Waals surface area contributed by atoms with Gasteiger partial charge in [0.05, 0.1) is 6.10 Å². The maximum Gasteiger partial charge on any atom is 0.166 e. The summed E-state index contributed by atoms with van der Waals surface area (Å²) < 4.78 is 19.8. The average molecular weight is 288 g/mol. The van der Waals surface area contributed by atoms with Gasteiger partial charge in [-0.2, -0.15) is 0 Å². The second-order valence-corrected chi connectivity index (χ2v) is 6.21. The lowest BCUT2D eigenvalue weighted by Crippen LogP contribution is -2.12. The zero-order chi connectivity index (χ0) is 15.6. The van der Waals surface area contributed by atoms with Crippen molar-refractivity contribution in [3.8, 4) is 11.5 Å². The highest BCUT2D eigenvalue weighted by Crippen LogP contribution is 2.35. The van der Waals surface area contributed by atoms with Crippen LogP contribution in [0.3, 0.4) is 0 Å². The molecule has 0 radical (unpaired) electrons. The number of hydrogen-bond acceptors (Lipinski definition) is 2. The first kappa shape index (κ1) is 15.5. The third kappa shape index (κ3) is 3.61. The lowest BCUT2D eigenvalue weighted by molar-refractivity contribution is 0.198. The molecule has 0 saturated heterocycles. The van der Waals surface area contributed by atoms with Gasteiger partial charge in [-0.25, -0.2) is 4.39 Å². The molecule has 0 aliphatic rings. The largest absolute Gasteiger partial charge is 0.454 e. The molecule has 2 nitrogen and oxygen atoms in total. The summed E-state index contributed by atoms with van der Waals surface area (Å²) >= 11 is 0. The molecule has 1 N–H and O–H groups in total. The van der Waals surface area contributed by atoms with E-state index in [1.165, 1.54) is 6.07 Å². The molecule has 0 heterocycles. The van der Waals surface area contributed by atoms with Crippen LogP contribution in [0.25, 0.3) is 0 Å². The van der Waals surface area contributed by atoms with Gasteiger partial charge in [0.15, 0.2) is 11.6 Å². The van der Waals surface area contributed by atoms with E-state index in [1.807, 2.05) is 24.3 Å². The Morgan fingerprint density at radius 3 is 2.29 bits per heavy atom. The van der Waals surface area contributed by atoms with E-state index in [1.54, 1.807) is 19.1 Å². The van der Waals surface area contributed by atoms with Gasteiger partial charge >= 0.3 is 0 Å². The summed E-state index contributed by atoms with van der Waals surface area (Å²) in [5.41, 5.74) is 1.46. The number of rotatable bonds is 3. The van der Waals surface area contributed by atoms with Crippen LogP contribution in [0, 0.1) is 5.82 Å². The standard InChI is InChI=1S/C18H21FO2/c1-12(20)13-9-10-17(15(19)11-13)21-16-8-6-5-7-14(16)18(2,3)4/h5-12,20H,1-4H3. The third-order valence-electron chi connectivity index (χ3n) is 3.35. The molecule has 2 aromatic rings. The fraction of sp³-hybridized carbons (Fsp3) is 0.333. The minimum absolute atomic E-state index is 0.0907. The smallest absolute Gasteiger partial charge is 0.166 e. The van der Waals surface area contributed by atoms with Gasteiger partial charge in [0.1, 0.15) is 5.75 Å². The van der Waals surface area contributed by atoms with Crippen molar-refractivity contribution in [1.82, 2.24) is 0 Å². The van der Waals surface area contributed by atoms with Crippen molar-refractivity contribution < 1.29 is 14.2 Å². The summed E-state index contributed by atoms with van der Waals surface area (Å²) in [6, 6.07) is 12.2. The maximum absolute atomic E-state index is 14.1. The summed E-state index contributed by atoms with van der Waals surface area (Å²) in [6.07, 6.45) is -0.699. The summed E-state index contributed by atoms with van der Waals surface area (Å²) in [7, 11) is 0. The average Bonchev–Trinajstić information content (AvgIpc) is 2.40. The van der Waals surface area contributed by atoms with Gasteiger partial charge in [-0.3, -0.25) is 0 Å². The van der Waals surface area contributed by atoms with Crippen LogP contribution in [-0.2, 0) is 5.41 Å². The minimum atomic E-state index is -0.699. The predicted octanol–water partition coefficient (Wildman–Crippen LogP) is 4.97. The zero-order valence-electron chi connectivity index (χ0n) is 12.9. The number of benzene rings is 2. The molecular weight excluding hydrogens is 267 g/mol. The fourth-order valence-corrected chi connectivity index (χ4v) is 2.15. The van der Waals surface area contributed by atoms with Crippen LogP contribution >= 0.6 is 0 Å². The number of para-hydroxylation sites is 1. The summed E-state index contributed by atoms with van der Waals surface area (Å²) in [5, 5.41) is 9.47. The van der Waals surface area contributed by atoms with E-state index in [0.717, 1.165) is 5.56 Å². The van der Waals surface area contributed by atoms with Gasteiger partial charge in [-0.05, 0) is 36.1 Å². The van der Waals surface area contributed by atoms with Crippen molar-refractivity contribution >= 4 is 0 Å². The molecule has 1 unspecified atom stereocenters. The fourth-order valence-electron chi connectivity index (χ4n) is 2.15. The first-order chi connectivity index (χ1) is 9.79. The maximum atomic E-state index is 14.1. The van der Waals surface area contributed by atoms with Crippen molar-refractivity contribution in [2.24, 2.45) is 0 Å². The van der Waals surface area contributed by atoms with Crippen LogP contribution in [-0.4, -0.2) is 5.11 Å². The van der Waals surface area contributed by atoms with Crippen LogP contribution < -0.4 is 4.74 Å². The molecule has 1 atom stereocenters. The molecule has 2 aromatic carbocycles. The molecule has 0 spiro atoms. The van der Waals surface area contributed by atoms with Gasteiger partial charge in [0.2, 0.25) is 0 Å². The molecule has 21 heavy (non-hydrogen) atoms. The van der Waals surface area contributed by atoms with Crippen molar-refractivity contribution in [2.75, 3.05) is 0 Å². The first-order valence-corrected chi connectivity index (χ1v) is 7.04. The van der Waals surface area contributed by atoms with Crippen molar-refractivity contribution in [3.63, 3.8) is 0 Å². The summed E-state index contributed by atoms with van der Waals surface area (Å²) in [4.78, 5) is 0. The van der Waals surface area contributed by atoms with Crippen LogP contribution in [0.1, 0.15) is 44.9 Å². The summed E-state index contributed by atoms with van der Waals surface area (Å²) in [6.45, 7) is 7.86. The highest BCUT2D eigenvalue weighted by atomic mass is 19.1. The Morgan fingerprint density at radius 2 is 1.71 bits per heavy atom. The van der Waals surface area contributed by atoms with Gasteiger partial charge in [-0.15, -0.1) is 0 Å². The van der Waals surface area contributed by atoms with E-state index in [0.29, 0.717) is 11.3 Å². The van der Waals surface area contributed by atoms with Gasteiger partial charge in [-0.1, -0.05) is 45.0 Å². The molecule has 112 valence electrons. The highest BCUT2D eigenvalue weighted by Gasteiger charge is 2.19. The van der Waals surface area contributed by atoms with Crippen molar-refractivity contribution in [2.45, 2.75) is 39.2 Å². The Hall–Kier alpha value is -1.87. The van der Waals surface area contributed by atoms with Crippen molar-refractivity contribution in [3.05, 3.63) is 59.4 Å². The normalized spacial score (nSPS) is 13.0. The van der Waals surface area contributed by atoms with E-state index in [2.05, 4.69) is 20.8 Å². The quantitative estimate of drug-likeness (QED) is 0.864. The SMILES string of the molecule is CC(O)c1ccc(Oc2ccccc2C(C)(C)C)c(F)c1. The zero-order valence-corrected chi connectivity index (χ0v) is 12.9. The molecule has 0 amide bonds. The van der Waals surface area contributed by atoms with Crippen LogP contribution in [0.5, 0.6) is 11.5 Å². The van der Waals surface area contributed by atoms with Crippen molar-refractivity contribution in [1.29, 1.82) is 0 Å². The second kappa shape index (κ2) is 5.86. The second-order valence-electron chi connectivity index (χ2n) is 6.21. The first-order valence-electron chi connectivity index (χ1n) is 7.04. The Kier molecular flexibility index (Phi) is 4.33. The monoisotopic (exact) mass is 288 g/mol. The molecule has 3 heteroatoms. The van der Waals surface area contributed by atoms with Gasteiger partial charge in [0.25, 0.3) is 0 Å². The van der Waals surface area contributed by atoms with E-state index in [-0.39, 0.29) is 11.2 Å². The Balaban J connectivity index is 2.35. The lowest BCUT2D eigenvalue weighted by Gasteiger charge is -2.22. The molecule has 0 saturated carbocycles. The number of ether oxygens (including phenoxy) is 1. The van der Waals surface area contributed by atoms with Crippen LogP contribution in [0.2, 0.25) is 0 Å². The molecule has 0 bridgehead atoms. The molecule has 0 aromatic heterocycles. The van der Waals surface area contributed by atoms with Crippen LogP contribution in [0.4, 0.5) is 4.39 Å². The minimum Gasteiger partial charge on any atom is -0.454 e. The Morgan fingerprint density at radius 1 is 1.05 bits per heavy atom. The van der Waals surface area contributed by atoms with E-state index < -0.39 is 11.9 Å². The van der Waals surface area contributed by atoms with E-state index in [9.17, 15) is 9.50 Å². The number of halogens is 1. The van der Waals surface area contributed by atoms with Gasteiger partial charge in [0, 0.05) is 5.56 Å². The molecular formula is C18H21FO2. The molecule has 0 aliphatic carbocycles. The van der Waals surface area contributed by atoms with E-state index in [4.69, 9.17) is 4.74 Å². The number of aliphatic hydroxyl groups excluding tert-OH is 1. The lowest BCUT2D eigenvalue weighted by atomic mass is 9.86. The Labute approximate surface area is 125 Å². The number of aliphatic hydroxyl groups is 1. The Bertz CT molecular complexity index is 627. The number of hydrogen-bond donors (Lipinski definition) is 1.